The summed E-state index contributed by atoms with van der Waals surface area (Å²) in [7, 11) is 0. The molecule has 0 aromatic rings. The normalized spacial score (nSPS) is 29.8. The summed E-state index contributed by atoms with van der Waals surface area (Å²) in [5.41, 5.74) is 5.69. The first-order valence-electron chi connectivity index (χ1n) is 6.41. The van der Waals surface area contributed by atoms with Crippen LogP contribution in [0.5, 0.6) is 0 Å². The molecule has 5 heteroatoms. The number of rotatable bonds is 3. The molecule has 5 nitrogen and oxygen atoms in total. The van der Waals surface area contributed by atoms with Gasteiger partial charge in [0.2, 0.25) is 0 Å². The third-order valence-electron chi connectivity index (χ3n) is 3.90. The van der Waals surface area contributed by atoms with Gasteiger partial charge < -0.3 is 10.6 Å². The molecule has 2 heterocycles. The molecule has 0 radical (unpaired) electrons. The average Bonchev–Trinajstić information content (AvgIpc) is 2.79. The molecule has 1 spiro atoms. The number of urea groups is 1. The summed E-state index contributed by atoms with van der Waals surface area (Å²) in [6, 6.07) is 0.330. The maximum Gasteiger partial charge on any atom is 0.346 e. The Morgan fingerprint density at radius 2 is 2.24 bits per heavy atom. The molecule has 2 amide bonds. The van der Waals surface area contributed by atoms with E-state index in [4.69, 9.17) is 5.73 Å². The van der Waals surface area contributed by atoms with Gasteiger partial charge in [-0.25, -0.2) is 4.79 Å². The molecule has 2 rings (SSSR count). The molecule has 1 fully saturated rings. The highest BCUT2D eigenvalue weighted by atomic mass is 16.2. The summed E-state index contributed by atoms with van der Waals surface area (Å²) in [6.45, 7) is 8.98. The highest BCUT2D eigenvalue weighted by Crippen LogP contribution is 2.34. The van der Waals surface area contributed by atoms with Crippen LogP contribution in [-0.2, 0) is 0 Å². The number of amidine groups is 1. The van der Waals surface area contributed by atoms with Crippen molar-refractivity contribution in [3.8, 4) is 0 Å². The lowest BCUT2D eigenvalue weighted by molar-refractivity contribution is 0.165. The molecular weight excluding hydrogens is 216 g/mol. The van der Waals surface area contributed by atoms with E-state index < -0.39 is 0 Å². The van der Waals surface area contributed by atoms with Crippen molar-refractivity contribution >= 4 is 11.9 Å². The Morgan fingerprint density at radius 1 is 1.53 bits per heavy atom. The van der Waals surface area contributed by atoms with Gasteiger partial charge in [-0.3, -0.25) is 4.90 Å². The van der Waals surface area contributed by atoms with Crippen molar-refractivity contribution in [2.75, 3.05) is 19.6 Å². The van der Waals surface area contributed by atoms with Crippen molar-refractivity contribution in [3.63, 3.8) is 0 Å². The van der Waals surface area contributed by atoms with Gasteiger partial charge in [-0.15, -0.1) is 0 Å². The van der Waals surface area contributed by atoms with Crippen LogP contribution in [0.4, 0.5) is 4.79 Å². The van der Waals surface area contributed by atoms with Crippen molar-refractivity contribution in [3.05, 3.63) is 0 Å². The van der Waals surface area contributed by atoms with Crippen LogP contribution in [0.1, 0.15) is 33.6 Å². The summed E-state index contributed by atoms with van der Waals surface area (Å²) in [4.78, 5) is 20.1. The lowest BCUT2D eigenvalue weighted by Crippen LogP contribution is -2.56. The monoisotopic (exact) mass is 238 g/mol. The fraction of sp³-hybridized carbons (Fsp3) is 0.833. The van der Waals surface area contributed by atoms with Crippen LogP contribution in [0.25, 0.3) is 0 Å². The maximum atomic E-state index is 11.9. The van der Waals surface area contributed by atoms with Crippen molar-refractivity contribution in [2.24, 2.45) is 10.7 Å². The third kappa shape index (κ3) is 1.82. The number of likely N-dealkylation sites (tertiary alicyclic amines) is 1. The minimum absolute atomic E-state index is 0.157. The maximum absolute atomic E-state index is 11.9. The SMILES string of the molecule is CCCN1C(=O)N=C(N)C12CCN(C(C)C)C2. The predicted octanol–water partition coefficient (Wildman–Crippen LogP) is 1.04. The first-order valence-corrected chi connectivity index (χ1v) is 6.41. The highest BCUT2D eigenvalue weighted by molar-refractivity contribution is 6.06. The number of amides is 2. The lowest BCUT2D eigenvalue weighted by atomic mass is 9.96. The van der Waals surface area contributed by atoms with E-state index in [0.717, 1.165) is 32.5 Å². The van der Waals surface area contributed by atoms with E-state index in [1.165, 1.54) is 0 Å². The van der Waals surface area contributed by atoms with Crippen LogP contribution < -0.4 is 5.73 Å². The summed E-state index contributed by atoms with van der Waals surface area (Å²) in [6.07, 6.45) is 1.85. The Balaban J connectivity index is 2.23. The van der Waals surface area contributed by atoms with Crippen LogP contribution in [0.15, 0.2) is 4.99 Å². The number of nitrogens with zero attached hydrogens (tertiary/aromatic N) is 3. The Hall–Kier alpha value is -1.10. The number of carbonyl (C=O) groups is 1. The predicted molar refractivity (Wildman–Crippen MR) is 68.1 cm³/mol. The van der Waals surface area contributed by atoms with Gasteiger partial charge in [0.1, 0.15) is 11.4 Å². The van der Waals surface area contributed by atoms with Crippen LogP contribution in [0.3, 0.4) is 0 Å². The second-order valence-corrected chi connectivity index (χ2v) is 5.28. The smallest absolute Gasteiger partial charge is 0.346 e. The topological polar surface area (TPSA) is 61.9 Å². The van der Waals surface area contributed by atoms with Gasteiger partial charge in [0, 0.05) is 25.7 Å². The zero-order chi connectivity index (χ0) is 12.6. The van der Waals surface area contributed by atoms with Gasteiger partial charge in [0.25, 0.3) is 0 Å². The van der Waals surface area contributed by atoms with Crippen LogP contribution in [0.2, 0.25) is 0 Å². The van der Waals surface area contributed by atoms with E-state index in [9.17, 15) is 4.79 Å². The van der Waals surface area contributed by atoms with Crippen molar-refractivity contribution < 1.29 is 4.79 Å². The van der Waals surface area contributed by atoms with Gasteiger partial charge in [0.15, 0.2) is 0 Å². The Bertz CT molecular complexity index is 352. The molecule has 0 aliphatic carbocycles. The number of aliphatic imine (C=N–C) groups is 1. The van der Waals surface area contributed by atoms with E-state index >= 15 is 0 Å². The van der Waals surface area contributed by atoms with Crippen molar-refractivity contribution in [1.82, 2.24) is 9.80 Å². The number of hydrogen-bond acceptors (Lipinski definition) is 3. The molecule has 0 aromatic carbocycles. The Kier molecular flexibility index (Phi) is 3.12. The first kappa shape index (κ1) is 12.4. The minimum atomic E-state index is -0.322. The molecule has 0 aromatic heterocycles. The standard InChI is InChI=1S/C12H22N4O/c1-4-6-16-11(17)14-10(13)12(16)5-7-15(8-12)9(2)3/h9H,4-8H2,1-3H3,(H2,13,14,17). The molecular formula is C12H22N4O. The molecule has 1 atom stereocenters. The largest absolute Gasteiger partial charge is 0.385 e. The van der Waals surface area contributed by atoms with E-state index in [1.54, 1.807) is 0 Å². The molecule has 1 saturated heterocycles. The quantitative estimate of drug-likeness (QED) is 0.799. The fourth-order valence-electron chi connectivity index (χ4n) is 2.81. The molecule has 2 aliphatic rings. The second kappa shape index (κ2) is 4.29. The molecule has 17 heavy (non-hydrogen) atoms. The molecule has 96 valence electrons. The molecule has 2 aliphatic heterocycles. The molecule has 1 unspecified atom stereocenters. The fourth-order valence-corrected chi connectivity index (χ4v) is 2.81. The number of nitrogens with two attached hydrogens (primary N) is 1. The highest BCUT2D eigenvalue weighted by Gasteiger charge is 2.52. The minimum Gasteiger partial charge on any atom is -0.385 e. The Morgan fingerprint density at radius 3 is 2.76 bits per heavy atom. The van der Waals surface area contributed by atoms with E-state index in [-0.39, 0.29) is 11.6 Å². The molecule has 2 N–H and O–H groups in total. The zero-order valence-corrected chi connectivity index (χ0v) is 10.9. The van der Waals surface area contributed by atoms with Gasteiger partial charge >= 0.3 is 6.03 Å². The summed E-state index contributed by atoms with van der Waals surface area (Å²) in [5, 5.41) is 0. The first-order chi connectivity index (χ1) is 8.01. The number of carbonyl (C=O) groups excluding carboxylic acids is 1. The number of hydrogen-bond donors (Lipinski definition) is 1. The molecule has 0 bridgehead atoms. The summed E-state index contributed by atoms with van der Waals surface area (Å²) in [5.74, 6) is 0.513. The van der Waals surface area contributed by atoms with E-state index in [0.29, 0.717) is 11.9 Å². The lowest BCUT2D eigenvalue weighted by Gasteiger charge is -2.35. The Labute approximate surface area is 103 Å². The van der Waals surface area contributed by atoms with Gasteiger partial charge in [-0.1, -0.05) is 6.92 Å². The van der Waals surface area contributed by atoms with Gasteiger partial charge in [-0.2, -0.15) is 4.99 Å². The van der Waals surface area contributed by atoms with Gasteiger partial charge in [0.05, 0.1) is 0 Å². The average molecular weight is 238 g/mol. The summed E-state index contributed by atoms with van der Waals surface area (Å²) < 4.78 is 0. The van der Waals surface area contributed by atoms with Crippen molar-refractivity contribution in [2.45, 2.75) is 45.2 Å². The second-order valence-electron chi connectivity index (χ2n) is 5.28. The van der Waals surface area contributed by atoms with Crippen LogP contribution >= 0.6 is 0 Å². The van der Waals surface area contributed by atoms with Crippen LogP contribution in [0, 0.1) is 0 Å². The zero-order valence-electron chi connectivity index (χ0n) is 10.9. The summed E-state index contributed by atoms with van der Waals surface area (Å²) >= 11 is 0. The van der Waals surface area contributed by atoms with Crippen molar-refractivity contribution in [1.29, 1.82) is 0 Å². The third-order valence-corrected chi connectivity index (χ3v) is 3.90. The van der Waals surface area contributed by atoms with E-state index in [2.05, 4.69) is 30.7 Å². The van der Waals surface area contributed by atoms with E-state index in [1.807, 2.05) is 4.90 Å². The van der Waals surface area contributed by atoms with Gasteiger partial charge in [-0.05, 0) is 26.7 Å². The molecule has 0 saturated carbocycles. The van der Waals surface area contributed by atoms with Crippen LogP contribution in [-0.4, -0.2) is 52.9 Å².